The molecule has 0 spiro atoms. The third kappa shape index (κ3) is 10.3. The third-order valence-corrected chi connectivity index (χ3v) is 7.93. The van der Waals surface area contributed by atoms with Crippen LogP contribution in [-0.4, -0.2) is 64.9 Å². The second kappa shape index (κ2) is 17.3. The van der Waals surface area contributed by atoms with Gasteiger partial charge in [0.1, 0.15) is 17.9 Å². The molecule has 1 aliphatic heterocycles. The Morgan fingerprint density at radius 3 is 2.09 bits per heavy atom. The van der Waals surface area contributed by atoms with Crippen LogP contribution in [-0.2, 0) is 27.2 Å². The Labute approximate surface area is 285 Å². The summed E-state index contributed by atoms with van der Waals surface area (Å²) in [7, 11) is 0. The number of hydrogen-bond donors (Lipinski definition) is 4. The van der Waals surface area contributed by atoms with Gasteiger partial charge in [-0.15, -0.1) is 0 Å². The molecular formula is C33H41FN5NaO5. The number of aliphatic carboxylic acids is 1. The van der Waals surface area contributed by atoms with Crippen LogP contribution in [0.25, 0.3) is 10.9 Å². The number of rotatable bonds is 12. The van der Waals surface area contributed by atoms with Crippen LogP contribution in [0.2, 0.25) is 0 Å². The molecule has 0 unspecified atom stereocenters. The smallest absolute Gasteiger partial charge is 0.548 e. The maximum absolute atomic E-state index is 14.7. The molecule has 4 N–H and O–H groups in total. The van der Waals surface area contributed by atoms with Crippen LogP contribution < -0.4 is 50.6 Å². The summed E-state index contributed by atoms with van der Waals surface area (Å²) in [6, 6.07) is 9.18. The number of hydrogen-bond acceptors (Lipinski definition) is 5. The van der Waals surface area contributed by atoms with Crippen molar-refractivity contribution in [2.24, 2.45) is 5.92 Å². The van der Waals surface area contributed by atoms with Crippen molar-refractivity contribution < 1.29 is 58.2 Å². The molecule has 3 aromatic rings. The summed E-state index contributed by atoms with van der Waals surface area (Å²) < 4.78 is 14.7. The van der Waals surface area contributed by atoms with Gasteiger partial charge >= 0.3 is 35.6 Å². The summed E-state index contributed by atoms with van der Waals surface area (Å²) in [6.07, 6.45) is 5.54. The molecule has 2 aromatic carbocycles. The van der Waals surface area contributed by atoms with Crippen molar-refractivity contribution in [2.45, 2.75) is 76.9 Å². The molecule has 2 heterocycles. The number of carboxylic acid groups (broad SMARTS) is 1. The number of para-hydroxylation sites is 1. The number of aromatic amines is 1. The summed E-state index contributed by atoms with van der Waals surface area (Å²) in [5, 5.41) is 21.0. The van der Waals surface area contributed by atoms with Gasteiger partial charge in [-0.2, -0.15) is 0 Å². The largest absolute Gasteiger partial charge is 1.00 e. The maximum Gasteiger partial charge on any atom is 1.00 e. The van der Waals surface area contributed by atoms with Gasteiger partial charge in [-0.05, 0) is 48.4 Å². The first kappa shape index (κ1) is 36.1. The van der Waals surface area contributed by atoms with Crippen LogP contribution >= 0.6 is 0 Å². The zero-order valence-corrected chi connectivity index (χ0v) is 28.2. The monoisotopic (exact) mass is 629 g/mol. The van der Waals surface area contributed by atoms with E-state index in [0.717, 1.165) is 36.6 Å². The Morgan fingerprint density at radius 2 is 1.42 bits per heavy atom. The standard InChI is InChI=1S/C33H42FN5O5.Na/c1-21(2)17-27(38-33(44)39-15-9-3-4-10-16-39)30(40)36-28(18-22-11-5-7-13-25(22)34)31(41)37-29(32(42)43)19-23-20-35-26-14-8-6-12-24(23)26;/h5-8,11-14,20-21,27-29,35H,3-4,9-10,15-19H2,1-2H3,(H,36,40)(H,37,41)(H,38,44)(H,42,43);/q;+1/p-1/t27-,28+,29+;/m0./s1. The molecule has 1 aliphatic rings. The Balaban J connectivity index is 0.00000552. The zero-order valence-electron chi connectivity index (χ0n) is 26.2. The van der Waals surface area contributed by atoms with Gasteiger partial charge in [0, 0.05) is 43.0 Å². The van der Waals surface area contributed by atoms with Crippen LogP contribution in [0.3, 0.4) is 0 Å². The number of benzene rings is 2. The van der Waals surface area contributed by atoms with E-state index in [1.807, 2.05) is 38.1 Å². The van der Waals surface area contributed by atoms with Crippen LogP contribution in [0.1, 0.15) is 57.1 Å². The van der Waals surface area contributed by atoms with E-state index in [-0.39, 0.29) is 59.9 Å². The summed E-state index contributed by atoms with van der Waals surface area (Å²) in [4.78, 5) is 57.3. The van der Waals surface area contributed by atoms with E-state index in [0.29, 0.717) is 25.1 Å². The molecule has 0 aliphatic carbocycles. The van der Waals surface area contributed by atoms with Gasteiger partial charge in [0.25, 0.3) is 0 Å². The minimum Gasteiger partial charge on any atom is -0.548 e. The van der Waals surface area contributed by atoms with E-state index in [2.05, 4.69) is 20.9 Å². The fraction of sp³-hybridized carbons (Fsp3) is 0.455. The number of likely N-dealkylation sites (tertiary alicyclic amines) is 1. The average Bonchev–Trinajstić information content (AvgIpc) is 3.19. The number of urea groups is 1. The molecule has 1 saturated heterocycles. The van der Waals surface area contributed by atoms with Gasteiger partial charge in [0.2, 0.25) is 11.8 Å². The fourth-order valence-corrected chi connectivity index (χ4v) is 5.57. The number of amides is 4. The van der Waals surface area contributed by atoms with Gasteiger partial charge in [-0.1, -0.05) is 63.1 Å². The van der Waals surface area contributed by atoms with Crippen LogP contribution in [0.4, 0.5) is 9.18 Å². The fourth-order valence-electron chi connectivity index (χ4n) is 5.57. The van der Waals surface area contributed by atoms with Crippen LogP contribution in [0.5, 0.6) is 0 Å². The number of carbonyl (C=O) groups is 4. The number of halogens is 1. The maximum atomic E-state index is 14.7. The first-order valence-electron chi connectivity index (χ1n) is 15.3. The molecule has 0 bridgehead atoms. The molecule has 10 nitrogen and oxygen atoms in total. The van der Waals surface area contributed by atoms with Crippen LogP contribution in [0, 0.1) is 11.7 Å². The number of nitrogens with zero attached hydrogens (tertiary/aromatic N) is 1. The Hall–Kier alpha value is -3.41. The Bertz CT molecular complexity index is 1460. The van der Waals surface area contributed by atoms with E-state index < -0.39 is 41.7 Å². The number of carbonyl (C=O) groups excluding carboxylic acids is 4. The molecule has 0 saturated carbocycles. The van der Waals surface area contributed by atoms with Crippen molar-refractivity contribution in [2.75, 3.05) is 13.1 Å². The van der Waals surface area contributed by atoms with Crippen molar-refractivity contribution in [3.8, 4) is 0 Å². The SMILES string of the molecule is CC(C)C[C@H](NC(=O)N1CCCCCC1)C(=O)N[C@H](Cc1ccccc1F)C(=O)N[C@H](Cc1c[nH]c2ccccc12)C(=O)[O-].[Na+]. The van der Waals surface area contributed by atoms with Crippen molar-refractivity contribution >= 4 is 34.7 Å². The first-order valence-corrected chi connectivity index (χ1v) is 15.3. The summed E-state index contributed by atoms with van der Waals surface area (Å²) in [5.41, 5.74) is 1.65. The van der Waals surface area contributed by atoms with E-state index in [1.54, 1.807) is 17.2 Å². The van der Waals surface area contributed by atoms with Gasteiger partial charge in [0.15, 0.2) is 0 Å². The molecule has 4 rings (SSSR count). The number of nitrogens with one attached hydrogen (secondary N) is 4. The van der Waals surface area contributed by atoms with Gasteiger partial charge < -0.3 is 35.7 Å². The normalized spacial score (nSPS) is 15.3. The average molecular weight is 630 g/mol. The van der Waals surface area contributed by atoms with Crippen molar-refractivity contribution in [3.63, 3.8) is 0 Å². The molecule has 236 valence electrons. The molecular weight excluding hydrogens is 588 g/mol. The minimum absolute atomic E-state index is 0. The summed E-state index contributed by atoms with van der Waals surface area (Å²) in [6.45, 7) is 5.02. The molecule has 1 aromatic heterocycles. The van der Waals surface area contributed by atoms with Crippen molar-refractivity contribution in [3.05, 3.63) is 71.7 Å². The second-order valence-corrected chi connectivity index (χ2v) is 11.8. The molecule has 12 heteroatoms. The summed E-state index contributed by atoms with van der Waals surface area (Å²) in [5.74, 6) is -3.45. The van der Waals surface area contributed by atoms with E-state index in [9.17, 15) is 28.7 Å². The Morgan fingerprint density at radius 1 is 0.822 bits per heavy atom. The molecule has 45 heavy (non-hydrogen) atoms. The van der Waals surface area contributed by atoms with Crippen molar-refractivity contribution in [1.82, 2.24) is 25.8 Å². The predicted molar refractivity (Wildman–Crippen MR) is 163 cm³/mol. The quantitative estimate of drug-likeness (QED) is 0.205. The minimum atomic E-state index is -1.50. The van der Waals surface area contributed by atoms with Crippen LogP contribution in [0.15, 0.2) is 54.7 Å². The second-order valence-electron chi connectivity index (χ2n) is 11.8. The molecule has 4 amide bonds. The molecule has 0 radical (unpaired) electrons. The number of fused-ring (bicyclic) bond motifs is 1. The van der Waals surface area contributed by atoms with E-state index in [1.165, 1.54) is 18.2 Å². The van der Waals surface area contributed by atoms with Gasteiger partial charge in [-0.3, -0.25) is 9.59 Å². The van der Waals surface area contributed by atoms with Gasteiger partial charge in [-0.25, -0.2) is 9.18 Å². The molecule has 1 fully saturated rings. The van der Waals surface area contributed by atoms with Gasteiger partial charge in [0.05, 0.1) is 12.0 Å². The first-order chi connectivity index (χ1) is 21.1. The Kier molecular flexibility index (Phi) is 13.9. The number of carboxylic acids is 1. The number of aromatic nitrogens is 1. The van der Waals surface area contributed by atoms with E-state index in [4.69, 9.17) is 0 Å². The van der Waals surface area contributed by atoms with E-state index >= 15 is 0 Å². The summed E-state index contributed by atoms with van der Waals surface area (Å²) >= 11 is 0. The predicted octanol–water partition coefficient (Wildman–Crippen LogP) is -0.184. The van der Waals surface area contributed by atoms with Crippen molar-refractivity contribution in [1.29, 1.82) is 0 Å². The molecule has 3 atom stereocenters. The topological polar surface area (TPSA) is 146 Å². The number of H-pyrrole nitrogens is 1. The zero-order chi connectivity index (χ0) is 31.6. The third-order valence-electron chi connectivity index (χ3n) is 7.93.